The van der Waals surface area contributed by atoms with E-state index in [1.165, 1.54) is 27.1 Å². The van der Waals surface area contributed by atoms with Crippen LogP contribution in [-0.4, -0.2) is 6.54 Å². The quantitative estimate of drug-likeness (QED) is 0.790. The zero-order valence-electron chi connectivity index (χ0n) is 6.14. The van der Waals surface area contributed by atoms with Crippen molar-refractivity contribution in [2.75, 3.05) is 6.54 Å². The molecule has 2 rings (SSSR count). The number of thiophene rings is 1. The van der Waals surface area contributed by atoms with Crippen LogP contribution in [0.5, 0.6) is 0 Å². The fraction of sp³-hybridized carbons (Fsp3) is 0.500. The normalized spacial score (nSPS) is 22.2. The minimum atomic E-state index is 0.640. The van der Waals surface area contributed by atoms with Gasteiger partial charge in [-0.3, -0.25) is 0 Å². The molecule has 0 saturated heterocycles. The van der Waals surface area contributed by atoms with E-state index >= 15 is 0 Å². The highest BCUT2D eigenvalue weighted by Crippen LogP contribution is 2.40. The summed E-state index contributed by atoms with van der Waals surface area (Å²) in [6.07, 6.45) is 2.48. The maximum Gasteiger partial charge on any atom is 0.0704 e. The van der Waals surface area contributed by atoms with Crippen molar-refractivity contribution in [3.63, 3.8) is 0 Å². The van der Waals surface area contributed by atoms with Gasteiger partial charge in [0.2, 0.25) is 0 Å². The molecule has 3 heteroatoms. The fourth-order valence-electron chi connectivity index (χ4n) is 1.63. The van der Waals surface area contributed by atoms with Crippen molar-refractivity contribution in [3.8, 4) is 0 Å². The number of halogens is 1. The van der Waals surface area contributed by atoms with Gasteiger partial charge in [0.05, 0.1) is 3.79 Å². The lowest BCUT2D eigenvalue weighted by Gasteiger charge is -2.03. The summed E-state index contributed by atoms with van der Waals surface area (Å²) in [6.45, 7) is 0.806. The summed E-state index contributed by atoms with van der Waals surface area (Å²) in [4.78, 5) is 1.51. The molecule has 1 heterocycles. The topological polar surface area (TPSA) is 26.0 Å². The second-order valence-electron chi connectivity index (χ2n) is 2.91. The fourth-order valence-corrected chi connectivity index (χ4v) is 3.52. The maximum absolute atomic E-state index is 5.65. The zero-order chi connectivity index (χ0) is 7.84. The number of hydrogen-bond acceptors (Lipinski definition) is 2. The predicted molar refractivity (Wildman–Crippen MR) is 52.1 cm³/mol. The maximum atomic E-state index is 5.65. The van der Waals surface area contributed by atoms with E-state index in [2.05, 4.69) is 22.0 Å². The lowest BCUT2D eigenvalue weighted by Crippen LogP contribution is -2.07. The zero-order valence-corrected chi connectivity index (χ0v) is 8.54. The Morgan fingerprint density at radius 2 is 2.55 bits per heavy atom. The summed E-state index contributed by atoms with van der Waals surface area (Å²) in [5.74, 6) is 0.640. The van der Waals surface area contributed by atoms with Crippen LogP contribution in [0.3, 0.4) is 0 Å². The first-order chi connectivity index (χ1) is 5.31. The van der Waals surface area contributed by atoms with E-state index in [0.717, 1.165) is 6.54 Å². The Morgan fingerprint density at radius 1 is 1.73 bits per heavy atom. The molecule has 2 N–H and O–H groups in total. The van der Waals surface area contributed by atoms with Gasteiger partial charge >= 0.3 is 0 Å². The highest BCUT2D eigenvalue weighted by Gasteiger charge is 2.23. The number of aryl methyl sites for hydroxylation is 1. The third-order valence-electron chi connectivity index (χ3n) is 2.23. The van der Waals surface area contributed by atoms with Crippen LogP contribution in [0.4, 0.5) is 0 Å². The molecule has 0 fully saturated rings. The largest absolute Gasteiger partial charge is 0.330 e. The third-order valence-corrected chi connectivity index (χ3v) is 4.07. The van der Waals surface area contributed by atoms with Gasteiger partial charge in [-0.2, -0.15) is 0 Å². The molecule has 0 bridgehead atoms. The molecular weight excluding hydrogens is 222 g/mol. The Bertz CT molecular complexity index is 269. The lowest BCUT2D eigenvalue weighted by atomic mass is 10.1. The predicted octanol–water partition coefficient (Wildman–Crippen LogP) is 2.50. The molecule has 60 valence electrons. The number of hydrogen-bond donors (Lipinski definition) is 1. The molecule has 0 aliphatic heterocycles. The molecule has 1 aromatic heterocycles. The Morgan fingerprint density at radius 3 is 3.27 bits per heavy atom. The lowest BCUT2D eigenvalue weighted by molar-refractivity contribution is 0.695. The van der Waals surface area contributed by atoms with Crippen LogP contribution in [0, 0.1) is 0 Å². The van der Waals surface area contributed by atoms with Crippen LogP contribution >= 0.6 is 27.3 Å². The third kappa shape index (κ3) is 1.25. The van der Waals surface area contributed by atoms with Gasteiger partial charge in [-0.1, -0.05) is 0 Å². The molecule has 1 nitrogen and oxygen atoms in total. The van der Waals surface area contributed by atoms with E-state index in [9.17, 15) is 0 Å². The van der Waals surface area contributed by atoms with Crippen molar-refractivity contribution in [1.82, 2.24) is 0 Å². The van der Waals surface area contributed by atoms with E-state index < -0.39 is 0 Å². The molecule has 11 heavy (non-hydrogen) atoms. The molecule has 0 saturated carbocycles. The smallest absolute Gasteiger partial charge is 0.0704 e. The summed E-state index contributed by atoms with van der Waals surface area (Å²) in [5.41, 5.74) is 7.16. The first-order valence-corrected chi connectivity index (χ1v) is 5.40. The Kier molecular flexibility index (Phi) is 2.04. The molecule has 1 aliphatic carbocycles. The molecule has 0 radical (unpaired) electrons. The van der Waals surface area contributed by atoms with Crippen LogP contribution in [0.15, 0.2) is 9.85 Å². The molecule has 0 amide bonds. The molecule has 1 aliphatic rings. The van der Waals surface area contributed by atoms with Gasteiger partial charge in [-0.25, -0.2) is 0 Å². The molecule has 1 unspecified atom stereocenters. The van der Waals surface area contributed by atoms with Crippen LogP contribution in [0.1, 0.15) is 22.8 Å². The SMILES string of the molecule is NCC1CCc2cc(Br)sc21. The molecule has 0 aromatic carbocycles. The van der Waals surface area contributed by atoms with Crippen molar-refractivity contribution < 1.29 is 0 Å². The van der Waals surface area contributed by atoms with E-state index in [-0.39, 0.29) is 0 Å². The minimum Gasteiger partial charge on any atom is -0.330 e. The minimum absolute atomic E-state index is 0.640. The van der Waals surface area contributed by atoms with Gasteiger partial charge in [-0.05, 0) is 46.9 Å². The molecule has 1 aromatic rings. The van der Waals surface area contributed by atoms with Gasteiger partial charge in [0, 0.05) is 10.8 Å². The summed E-state index contributed by atoms with van der Waals surface area (Å²) in [6, 6.07) is 2.23. The number of fused-ring (bicyclic) bond motifs is 1. The van der Waals surface area contributed by atoms with Crippen LogP contribution in [0.2, 0.25) is 0 Å². The summed E-state index contributed by atoms with van der Waals surface area (Å²) >= 11 is 5.34. The van der Waals surface area contributed by atoms with Crippen molar-refractivity contribution in [3.05, 3.63) is 20.3 Å². The Hall–Kier alpha value is 0.140. The first-order valence-electron chi connectivity index (χ1n) is 3.79. The summed E-state index contributed by atoms with van der Waals surface area (Å²) in [7, 11) is 0. The number of nitrogens with two attached hydrogens (primary N) is 1. The van der Waals surface area contributed by atoms with E-state index in [4.69, 9.17) is 5.73 Å². The number of rotatable bonds is 1. The van der Waals surface area contributed by atoms with Gasteiger partial charge in [0.15, 0.2) is 0 Å². The highest BCUT2D eigenvalue weighted by molar-refractivity contribution is 9.11. The summed E-state index contributed by atoms with van der Waals surface area (Å²) in [5, 5.41) is 0. The second kappa shape index (κ2) is 2.88. The van der Waals surface area contributed by atoms with E-state index in [0.29, 0.717) is 5.92 Å². The average Bonchev–Trinajstić information content (AvgIpc) is 2.45. The van der Waals surface area contributed by atoms with E-state index in [1.807, 2.05) is 11.3 Å². The summed E-state index contributed by atoms with van der Waals surface area (Å²) < 4.78 is 1.25. The van der Waals surface area contributed by atoms with Crippen LogP contribution in [-0.2, 0) is 6.42 Å². The van der Waals surface area contributed by atoms with Crippen LogP contribution < -0.4 is 5.73 Å². The monoisotopic (exact) mass is 231 g/mol. The Balaban J connectivity index is 2.37. The van der Waals surface area contributed by atoms with Crippen LogP contribution in [0.25, 0.3) is 0 Å². The highest BCUT2D eigenvalue weighted by atomic mass is 79.9. The second-order valence-corrected chi connectivity index (χ2v) is 5.37. The van der Waals surface area contributed by atoms with Gasteiger partial charge < -0.3 is 5.73 Å². The molecule has 1 atom stereocenters. The van der Waals surface area contributed by atoms with Crippen molar-refractivity contribution in [2.45, 2.75) is 18.8 Å². The van der Waals surface area contributed by atoms with Crippen molar-refractivity contribution >= 4 is 27.3 Å². The van der Waals surface area contributed by atoms with E-state index in [1.54, 1.807) is 0 Å². The van der Waals surface area contributed by atoms with Gasteiger partial charge in [0.1, 0.15) is 0 Å². The first kappa shape index (κ1) is 7.77. The average molecular weight is 232 g/mol. The van der Waals surface area contributed by atoms with Crippen molar-refractivity contribution in [1.29, 1.82) is 0 Å². The van der Waals surface area contributed by atoms with Gasteiger partial charge in [-0.15, -0.1) is 11.3 Å². The van der Waals surface area contributed by atoms with Crippen molar-refractivity contribution in [2.24, 2.45) is 5.73 Å². The Labute approximate surface area is 78.7 Å². The standard InChI is InChI=1S/C8H10BrNS/c9-7-3-5-1-2-6(4-10)8(5)11-7/h3,6H,1-2,4,10H2. The molecular formula is C8H10BrNS. The van der Waals surface area contributed by atoms with Gasteiger partial charge in [0.25, 0.3) is 0 Å². The molecule has 0 spiro atoms.